The zero-order valence-corrected chi connectivity index (χ0v) is 17.7. The molecule has 33 heavy (non-hydrogen) atoms. The van der Waals surface area contributed by atoms with Gasteiger partial charge >= 0.3 is 6.18 Å². The minimum absolute atomic E-state index is 0.139. The Morgan fingerprint density at radius 1 is 1.00 bits per heavy atom. The van der Waals surface area contributed by atoms with Crippen LogP contribution in [0.1, 0.15) is 42.9 Å². The lowest BCUT2D eigenvalue weighted by Crippen LogP contribution is -2.52. The number of carbonyl (C=O) groups excluding carboxylic acids is 1. The molecule has 176 valence electrons. The van der Waals surface area contributed by atoms with Gasteiger partial charge in [0.2, 0.25) is 5.91 Å². The second kappa shape index (κ2) is 9.87. The van der Waals surface area contributed by atoms with Crippen LogP contribution < -0.4 is 10.6 Å². The van der Waals surface area contributed by atoms with Gasteiger partial charge in [-0.3, -0.25) is 10.1 Å². The van der Waals surface area contributed by atoms with E-state index in [2.05, 4.69) is 10.6 Å². The van der Waals surface area contributed by atoms with Gasteiger partial charge in [-0.05, 0) is 30.4 Å². The highest BCUT2D eigenvalue weighted by Gasteiger charge is 2.48. The predicted molar refractivity (Wildman–Crippen MR) is 112 cm³/mol. The van der Waals surface area contributed by atoms with E-state index in [0.717, 1.165) is 0 Å². The van der Waals surface area contributed by atoms with Crippen LogP contribution in [-0.2, 0) is 11.2 Å². The summed E-state index contributed by atoms with van der Waals surface area (Å²) in [5, 5.41) is 13.9. The Hall–Kier alpha value is -2.99. The van der Waals surface area contributed by atoms with Crippen molar-refractivity contribution >= 4 is 5.91 Å². The Kier molecular flexibility index (Phi) is 7.38. The van der Waals surface area contributed by atoms with Gasteiger partial charge < -0.3 is 5.32 Å². The fourth-order valence-electron chi connectivity index (χ4n) is 3.57. The minimum Gasteiger partial charge on any atom is -0.336 e. The molecule has 0 bridgehead atoms. The molecule has 0 saturated heterocycles. The molecule has 3 rings (SSSR count). The number of benzene rings is 2. The van der Waals surface area contributed by atoms with E-state index in [0.29, 0.717) is 18.4 Å². The first-order chi connectivity index (χ1) is 15.5. The third-order valence-electron chi connectivity index (χ3n) is 5.58. The van der Waals surface area contributed by atoms with Crippen molar-refractivity contribution in [1.82, 2.24) is 10.6 Å². The largest absolute Gasteiger partial charge is 0.407 e. The van der Waals surface area contributed by atoms with Crippen LogP contribution in [0.4, 0.5) is 22.0 Å². The number of halogens is 5. The zero-order chi connectivity index (χ0) is 24.1. The predicted octanol–water partition coefficient (Wildman–Crippen LogP) is 5.08. The van der Waals surface area contributed by atoms with E-state index in [1.807, 2.05) is 6.07 Å². The molecule has 1 amide bonds. The number of amides is 1. The maximum absolute atomic E-state index is 14.6. The Morgan fingerprint density at radius 3 is 2.09 bits per heavy atom. The Bertz CT molecular complexity index is 969. The maximum Gasteiger partial charge on any atom is 0.407 e. The van der Waals surface area contributed by atoms with Gasteiger partial charge in [-0.2, -0.15) is 18.4 Å². The fraction of sp³-hybridized carbons (Fsp3) is 0.417. The van der Waals surface area contributed by atoms with Crippen LogP contribution in [0, 0.1) is 11.3 Å². The van der Waals surface area contributed by atoms with E-state index in [1.165, 1.54) is 36.4 Å². The smallest absolute Gasteiger partial charge is 0.336 e. The molecule has 4 nitrogen and oxygen atoms in total. The molecule has 2 N–H and O–H groups in total. The van der Waals surface area contributed by atoms with Gasteiger partial charge in [0.1, 0.15) is 11.6 Å². The average molecular weight is 465 g/mol. The van der Waals surface area contributed by atoms with Crippen molar-refractivity contribution in [3.8, 4) is 6.07 Å². The summed E-state index contributed by atoms with van der Waals surface area (Å²) in [6.45, 7) is 0. The number of nitriles is 1. The lowest BCUT2D eigenvalue weighted by atomic mass is 9.98. The van der Waals surface area contributed by atoms with E-state index in [-0.39, 0.29) is 5.56 Å². The van der Waals surface area contributed by atoms with Crippen molar-refractivity contribution < 1.29 is 26.7 Å². The van der Waals surface area contributed by atoms with Crippen molar-refractivity contribution in [2.45, 2.75) is 61.8 Å². The van der Waals surface area contributed by atoms with Crippen molar-refractivity contribution in [2.75, 3.05) is 0 Å². The SMILES string of the molecule is N#CC1(NC(=O)[C@H](CCC(F)(F)Cc2ccccc2)N[C@@H](c2ccccc2)C(F)(F)F)CC1. The van der Waals surface area contributed by atoms with E-state index >= 15 is 0 Å². The van der Waals surface area contributed by atoms with Gasteiger partial charge in [-0.25, -0.2) is 8.78 Å². The number of rotatable bonds is 10. The molecular weight excluding hydrogens is 441 g/mol. The quantitative estimate of drug-likeness (QED) is 0.481. The molecule has 2 aromatic carbocycles. The van der Waals surface area contributed by atoms with Crippen LogP contribution in [0.5, 0.6) is 0 Å². The molecule has 0 unspecified atom stereocenters. The van der Waals surface area contributed by atoms with E-state index in [1.54, 1.807) is 24.3 Å². The molecule has 1 aliphatic rings. The highest BCUT2D eigenvalue weighted by Crippen LogP contribution is 2.36. The summed E-state index contributed by atoms with van der Waals surface area (Å²) in [7, 11) is 0. The van der Waals surface area contributed by atoms with Crippen LogP contribution >= 0.6 is 0 Å². The molecule has 0 aliphatic heterocycles. The molecule has 2 atom stereocenters. The van der Waals surface area contributed by atoms with E-state index < -0.39 is 54.9 Å². The van der Waals surface area contributed by atoms with Crippen LogP contribution in [0.3, 0.4) is 0 Å². The number of nitrogens with zero attached hydrogens (tertiary/aromatic N) is 1. The van der Waals surface area contributed by atoms with Gasteiger partial charge in [0, 0.05) is 12.8 Å². The topological polar surface area (TPSA) is 64.9 Å². The molecule has 9 heteroatoms. The van der Waals surface area contributed by atoms with Crippen molar-refractivity contribution in [2.24, 2.45) is 0 Å². The van der Waals surface area contributed by atoms with Gasteiger partial charge in [0.15, 0.2) is 0 Å². The normalized spacial score (nSPS) is 17.0. The van der Waals surface area contributed by atoms with Crippen LogP contribution in [-0.4, -0.2) is 29.6 Å². The van der Waals surface area contributed by atoms with Gasteiger partial charge in [-0.15, -0.1) is 0 Å². The Balaban J connectivity index is 1.78. The third-order valence-corrected chi connectivity index (χ3v) is 5.58. The number of nitrogens with one attached hydrogen (secondary N) is 2. The molecule has 0 radical (unpaired) electrons. The summed E-state index contributed by atoms with van der Waals surface area (Å²) in [5.74, 6) is -4.12. The molecule has 2 aromatic rings. The molecule has 1 fully saturated rings. The van der Waals surface area contributed by atoms with Gasteiger partial charge in [-0.1, -0.05) is 60.7 Å². The molecule has 1 saturated carbocycles. The summed E-state index contributed by atoms with van der Waals surface area (Å²) in [6, 6.07) is 13.0. The summed E-state index contributed by atoms with van der Waals surface area (Å²) >= 11 is 0. The second-order valence-electron chi connectivity index (χ2n) is 8.34. The summed E-state index contributed by atoms with van der Waals surface area (Å²) in [6.07, 6.45) is -5.95. The van der Waals surface area contributed by atoms with Gasteiger partial charge in [0.25, 0.3) is 5.92 Å². The third kappa shape index (κ3) is 6.99. The number of hydrogen-bond donors (Lipinski definition) is 2. The number of carbonyl (C=O) groups is 1. The van der Waals surface area contributed by atoms with Crippen LogP contribution in [0.15, 0.2) is 60.7 Å². The maximum atomic E-state index is 14.6. The van der Waals surface area contributed by atoms with E-state index in [9.17, 15) is 32.0 Å². The minimum atomic E-state index is -4.76. The molecule has 0 aromatic heterocycles. The van der Waals surface area contributed by atoms with Crippen molar-refractivity contribution in [3.63, 3.8) is 0 Å². The molecule has 0 spiro atoms. The fourth-order valence-corrected chi connectivity index (χ4v) is 3.57. The number of alkyl halides is 5. The first-order valence-corrected chi connectivity index (χ1v) is 10.6. The second-order valence-corrected chi connectivity index (χ2v) is 8.34. The summed E-state index contributed by atoms with van der Waals surface area (Å²) < 4.78 is 70.7. The lowest BCUT2D eigenvalue weighted by molar-refractivity contribution is -0.161. The number of hydrogen-bond acceptors (Lipinski definition) is 3. The monoisotopic (exact) mass is 465 g/mol. The molecule has 1 aliphatic carbocycles. The summed E-state index contributed by atoms with van der Waals surface area (Å²) in [5.41, 5.74) is -0.889. The lowest BCUT2D eigenvalue weighted by Gasteiger charge is -2.29. The molecule has 0 heterocycles. The highest BCUT2D eigenvalue weighted by molar-refractivity contribution is 5.83. The Morgan fingerprint density at radius 2 is 1.58 bits per heavy atom. The Labute approximate surface area is 188 Å². The standard InChI is InChI=1S/C24H24F5N3O/c25-23(26,15-17-7-3-1-4-8-17)12-11-19(21(33)32-22(16-30)13-14-22)31-20(24(27,28)29)18-9-5-2-6-10-18/h1-10,19-20,31H,11-15H2,(H,32,33)/t19-,20-/m0/s1. The van der Waals surface area contributed by atoms with Crippen LogP contribution in [0.2, 0.25) is 0 Å². The molecular formula is C24H24F5N3O. The van der Waals surface area contributed by atoms with Gasteiger partial charge in [0.05, 0.1) is 12.1 Å². The van der Waals surface area contributed by atoms with E-state index in [4.69, 9.17) is 0 Å². The zero-order valence-electron chi connectivity index (χ0n) is 17.7. The first-order valence-electron chi connectivity index (χ1n) is 10.6. The first kappa shape index (κ1) is 24.6. The van der Waals surface area contributed by atoms with Crippen LogP contribution in [0.25, 0.3) is 0 Å². The average Bonchev–Trinajstić information content (AvgIpc) is 3.53. The summed E-state index contributed by atoms with van der Waals surface area (Å²) in [4.78, 5) is 12.8. The van der Waals surface area contributed by atoms with Crippen molar-refractivity contribution in [1.29, 1.82) is 5.26 Å². The highest BCUT2D eigenvalue weighted by atomic mass is 19.4. The van der Waals surface area contributed by atoms with Crippen molar-refractivity contribution in [3.05, 3.63) is 71.8 Å².